The van der Waals surface area contributed by atoms with Gasteiger partial charge in [0.05, 0.1) is 11.7 Å². The van der Waals surface area contributed by atoms with Gasteiger partial charge in [0, 0.05) is 42.4 Å². The van der Waals surface area contributed by atoms with E-state index in [1.54, 1.807) is 30.3 Å². The molecule has 0 spiro atoms. The standard InChI is InChI=1S/C36H41N5O5/c1-23(41(30-13-14-30)36(45)27-11-15-31-32(20-27)46-22-33(42)39-31)24-6-8-25(9-7-24)35(44)38-29-12-10-28-21-40(18-16-26(28)19-29)34(43)5-3-2-4-17-37/h6-12,15,19-20,23,30H,2-5,13-14,16-18,21-22,37H2,1H3,(H,38,44)(H,39,42)/t23-/m0/s1. The molecule has 6 rings (SSSR count). The van der Waals surface area contributed by atoms with Crippen molar-refractivity contribution in [3.8, 4) is 5.75 Å². The van der Waals surface area contributed by atoms with E-state index >= 15 is 0 Å². The first-order valence-corrected chi connectivity index (χ1v) is 16.2. The fraction of sp³-hybridized carbons (Fsp3) is 0.389. The van der Waals surface area contributed by atoms with E-state index in [0.717, 1.165) is 60.9 Å². The Labute approximate surface area is 269 Å². The molecule has 1 atom stereocenters. The quantitative estimate of drug-likeness (QED) is 0.256. The van der Waals surface area contributed by atoms with Crippen molar-refractivity contribution in [3.63, 3.8) is 0 Å². The lowest BCUT2D eigenvalue weighted by molar-refractivity contribution is -0.132. The molecule has 2 aliphatic heterocycles. The molecule has 1 fully saturated rings. The summed E-state index contributed by atoms with van der Waals surface area (Å²) in [6, 6.07) is 18.3. The molecule has 3 aromatic carbocycles. The number of nitrogens with zero attached hydrogens (tertiary/aromatic N) is 2. The number of amides is 4. The Bertz CT molecular complexity index is 1630. The summed E-state index contributed by atoms with van der Waals surface area (Å²) in [6.45, 7) is 3.87. The first-order chi connectivity index (χ1) is 22.3. The Morgan fingerprint density at radius 3 is 2.54 bits per heavy atom. The van der Waals surface area contributed by atoms with Crippen LogP contribution in [-0.2, 0) is 22.6 Å². The second kappa shape index (κ2) is 13.7. The van der Waals surface area contributed by atoms with Crippen molar-refractivity contribution in [3.05, 3.63) is 88.5 Å². The van der Waals surface area contributed by atoms with Gasteiger partial charge in [-0.05, 0) is 105 Å². The lowest BCUT2D eigenvalue weighted by Gasteiger charge is -2.30. The minimum absolute atomic E-state index is 0.0722. The predicted molar refractivity (Wildman–Crippen MR) is 176 cm³/mol. The average Bonchev–Trinajstić information content (AvgIpc) is 3.91. The van der Waals surface area contributed by atoms with Crippen molar-refractivity contribution in [1.29, 1.82) is 0 Å². The number of nitrogens with two attached hydrogens (primary N) is 1. The molecule has 0 aromatic heterocycles. The van der Waals surface area contributed by atoms with Gasteiger partial charge in [-0.3, -0.25) is 19.2 Å². The van der Waals surface area contributed by atoms with Gasteiger partial charge in [-0.25, -0.2) is 0 Å². The van der Waals surface area contributed by atoms with Crippen LogP contribution >= 0.6 is 0 Å². The Kier molecular flexibility index (Phi) is 9.35. The highest BCUT2D eigenvalue weighted by atomic mass is 16.5. The van der Waals surface area contributed by atoms with Gasteiger partial charge >= 0.3 is 0 Å². The third-order valence-electron chi connectivity index (χ3n) is 9.03. The number of carbonyl (C=O) groups excluding carboxylic acids is 4. The lowest BCUT2D eigenvalue weighted by atomic mass is 9.98. The number of anilines is 2. The van der Waals surface area contributed by atoms with Crippen LogP contribution in [0.25, 0.3) is 0 Å². The maximum absolute atomic E-state index is 13.7. The normalized spacial score (nSPS) is 16.0. The molecule has 3 aliphatic rings. The number of carbonyl (C=O) groups is 4. The van der Waals surface area contributed by atoms with Crippen LogP contribution in [0.1, 0.15) is 88.9 Å². The van der Waals surface area contributed by atoms with Gasteiger partial charge in [0.15, 0.2) is 6.61 Å². The van der Waals surface area contributed by atoms with Crippen LogP contribution in [-0.4, -0.2) is 59.2 Å². The molecule has 1 saturated carbocycles. The first kappa shape index (κ1) is 31.3. The maximum Gasteiger partial charge on any atom is 0.262 e. The van der Waals surface area contributed by atoms with E-state index in [-0.39, 0.29) is 42.3 Å². The summed E-state index contributed by atoms with van der Waals surface area (Å²) in [5, 5.41) is 5.78. The largest absolute Gasteiger partial charge is 0.482 e. The summed E-state index contributed by atoms with van der Waals surface area (Å²) in [6.07, 6.45) is 6.00. The monoisotopic (exact) mass is 623 g/mol. The highest BCUT2D eigenvalue weighted by molar-refractivity contribution is 6.04. The molecule has 240 valence electrons. The van der Waals surface area contributed by atoms with Gasteiger partial charge in [-0.1, -0.05) is 24.6 Å². The molecule has 4 amide bonds. The van der Waals surface area contributed by atoms with E-state index < -0.39 is 0 Å². The molecule has 0 saturated heterocycles. The summed E-state index contributed by atoms with van der Waals surface area (Å²) >= 11 is 0. The fourth-order valence-corrected chi connectivity index (χ4v) is 6.24. The first-order valence-electron chi connectivity index (χ1n) is 16.2. The SMILES string of the molecule is C[C@@H](c1ccc(C(=O)Nc2ccc3c(c2)CCN(C(=O)CCCCCN)C3)cc1)N(C(=O)c1ccc2c(c1)OCC(=O)N2)C1CC1. The van der Waals surface area contributed by atoms with Gasteiger partial charge in [0.25, 0.3) is 17.7 Å². The zero-order valence-corrected chi connectivity index (χ0v) is 26.2. The second-order valence-corrected chi connectivity index (χ2v) is 12.4. The van der Waals surface area contributed by atoms with E-state index in [0.29, 0.717) is 48.6 Å². The molecular formula is C36H41N5O5. The number of ether oxygens (including phenoxy) is 1. The van der Waals surface area contributed by atoms with Gasteiger partial charge in [-0.2, -0.15) is 0 Å². The number of fused-ring (bicyclic) bond motifs is 2. The van der Waals surface area contributed by atoms with Crippen LogP contribution < -0.4 is 21.1 Å². The van der Waals surface area contributed by atoms with Crippen LogP contribution in [0.3, 0.4) is 0 Å². The van der Waals surface area contributed by atoms with E-state index in [1.807, 2.05) is 47.1 Å². The van der Waals surface area contributed by atoms with Crippen molar-refractivity contribution in [2.75, 3.05) is 30.3 Å². The van der Waals surface area contributed by atoms with Crippen molar-refractivity contribution in [2.24, 2.45) is 5.73 Å². The number of benzene rings is 3. The topological polar surface area (TPSA) is 134 Å². The molecule has 2 heterocycles. The highest BCUT2D eigenvalue weighted by Gasteiger charge is 2.37. The molecule has 3 aromatic rings. The van der Waals surface area contributed by atoms with Crippen molar-refractivity contribution in [1.82, 2.24) is 9.80 Å². The highest BCUT2D eigenvalue weighted by Crippen LogP contribution is 2.37. The van der Waals surface area contributed by atoms with Crippen molar-refractivity contribution in [2.45, 2.75) is 70.5 Å². The summed E-state index contributed by atoms with van der Waals surface area (Å²) in [5.74, 6) is 0.158. The zero-order valence-electron chi connectivity index (χ0n) is 26.2. The van der Waals surface area contributed by atoms with Crippen molar-refractivity contribution >= 4 is 35.0 Å². The van der Waals surface area contributed by atoms with Gasteiger partial charge in [0.1, 0.15) is 5.75 Å². The number of nitrogens with one attached hydrogen (secondary N) is 2. The maximum atomic E-state index is 13.7. The Balaban J connectivity index is 1.07. The molecular weight excluding hydrogens is 582 g/mol. The Hall–Kier alpha value is -4.70. The molecule has 46 heavy (non-hydrogen) atoms. The van der Waals surface area contributed by atoms with E-state index in [2.05, 4.69) is 10.6 Å². The summed E-state index contributed by atoms with van der Waals surface area (Å²) in [4.78, 5) is 54.9. The van der Waals surface area contributed by atoms with E-state index in [1.165, 1.54) is 0 Å². The summed E-state index contributed by atoms with van der Waals surface area (Å²) < 4.78 is 5.53. The third-order valence-corrected chi connectivity index (χ3v) is 9.03. The van der Waals surface area contributed by atoms with Crippen LogP contribution in [0.2, 0.25) is 0 Å². The zero-order chi connectivity index (χ0) is 32.2. The van der Waals surface area contributed by atoms with Gasteiger partial charge in [0.2, 0.25) is 5.91 Å². The Morgan fingerprint density at radius 1 is 1.00 bits per heavy atom. The van der Waals surface area contributed by atoms with Crippen LogP contribution in [0, 0.1) is 0 Å². The molecule has 10 nitrogen and oxygen atoms in total. The third kappa shape index (κ3) is 7.07. The van der Waals surface area contributed by atoms with Crippen molar-refractivity contribution < 1.29 is 23.9 Å². The summed E-state index contributed by atoms with van der Waals surface area (Å²) in [7, 11) is 0. The minimum atomic E-state index is -0.217. The minimum Gasteiger partial charge on any atom is -0.482 e. The number of unbranched alkanes of at least 4 members (excludes halogenated alkanes) is 2. The van der Waals surface area contributed by atoms with Crippen LogP contribution in [0.15, 0.2) is 60.7 Å². The fourth-order valence-electron chi connectivity index (χ4n) is 6.24. The molecule has 1 aliphatic carbocycles. The number of hydrogen-bond acceptors (Lipinski definition) is 6. The van der Waals surface area contributed by atoms with Crippen LogP contribution in [0.4, 0.5) is 11.4 Å². The predicted octanol–water partition coefficient (Wildman–Crippen LogP) is 5.04. The average molecular weight is 624 g/mol. The Morgan fingerprint density at radius 2 is 1.78 bits per heavy atom. The number of rotatable bonds is 11. The van der Waals surface area contributed by atoms with Gasteiger partial charge < -0.3 is 30.9 Å². The van der Waals surface area contributed by atoms with E-state index in [4.69, 9.17) is 10.5 Å². The second-order valence-electron chi connectivity index (χ2n) is 12.4. The smallest absolute Gasteiger partial charge is 0.262 e. The number of hydrogen-bond donors (Lipinski definition) is 3. The molecule has 0 unspecified atom stereocenters. The molecule has 10 heteroatoms. The van der Waals surface area contributed by atoms with E-state index in [9.17, 15) is 19.2 Å². The van der Waals surface area contributed by atoms with Crippen LogP contribution in [0.5, 0.6) is 5.75 Å². The summed E-state index contributed by atoms with van der Waals surface area (Å²) in [5.41, 5.74) is 11.1. The molecule has 0 radical (unpaired) electrons. The lowest BCUT2D eigenvalue weighted by Crippen LogP contribution is -2.36. The molecule has 4 N–H and O–H groups in total. The molecule has 0 bridgehead atoms. The van der Waals surface area contributed by atoms with Gasteiger partial charge in [-0.15, -0.1) is 0 Å².